The summed E-state index contributed by atoms with van der Waals surface area (Å²) in [6.07, 6.45) is 1.18. The van der Waals surface area contributed by atoms with Gasteiger partial charge in [0.25, 0.3) is 0 Å². The smallest absolute Gasteiger partial charge is 0.353 e. The van der Waals surface area contributed by atoms with E-state index < -0.39 is 4.92 Å². The van der Waals surface area contributed by atoms with Gasteiger partial charge in [0.1, 0.15) is 6.33 Å². The molecule has 3 rings (SSSR count). The highest BCUT2D eigenvalue weighted by atomic mass is 16.6. The Morgan fingerprint density at radius 2 is 2.05 bits per heavy atom. The van der Waals surface area contributed by atoms with E-state index in [1.165, 1.54) is 6.33 Å². The predicted octanol–water partition coefficient (Wildman–Crippen LogP) is 2.57. The fourth-order valence-corrected chi connectivity index (χ4v) is 2.16. The van der Waals surface area contributed by atoms with Crippen LogP contribution in [0.1, 0.15) is 5.69 Å². The van der Waals surface area contributed by atoms with E-state index in [0.717, 1.165) is 16.6 Å². The van der Waals surface area contributed by atoms with Crippen LogP contribution in [0.2, 0.25) is 0 Å². The molecule has 0 amide bonds. The molecule has 3 N–H and O–H groups in total. The van der Waals surface area contributed by atoms with Crippen molar-refractivity contribution in [3.05, 3.63) is 52.5 Å². The van der Waals surface area contributed by atoms with Gasteiger partial charge in [-0.3, -0.25) is 15.1 Å². The van der Waals surface area contributed by atoms with Crippen LogP contribution >= 0.6 is 0 Å². The van der Waals surface area contributed by atoms with E-state index in [1.54, 1.807) is 6.07 Å². The Kier molecular flexibility index (Phi) is 3.26. The summed E-state index contributed by atoms with van der Waals surface area (Å²) >= 11 is 0. The lowest BCUT2D eigenvalue weighted by atomic mass is 10.1. The Bertz CT molecular complexity index is 880. The summed E-state index contributed by atoms with van der Waals surface area (Å²) in [6.45, 7) is 1.90. The largest absolute Gasteiger partial charge is 0.378 e. The number of rotatable bonds is 3. The minimum atomic E-state index is -0.606. The number of nitrogens with zero attached hydrogens (tertiary/aromatic N) is 4. The van der Waals surface area contributed by atoms with Crippen molar-refractivity contribution in [2.75, 3.05) is 11.1 Å². The first-order valence-corrected chi connectivity index (χ1v) is 6.44. The summed E-state index contributed by atoms with van der Waals surface area (Å²) in [5, 5.41) is 14.9. The molecule has 22 heavy (non-hydrogen) atoms. The van der Waals surface area contributed by atoms with Crippen LogP contribution < -0.4 is 11.1 Å². The molecule has 2 heterocycles. The fourth-order valence-electron chi connectivity index (χ4n) is 2.16. The van der Waals surface area contributed by atoms with Crippen LogP contribution in [0.15, 0.2) is 36.7 Å². The summed E-state index contributed by atoms with van der Waals surface area (Å²) in [7, 11) is 0. The number of benzene rings is 1. The van der Waals surface area contributed by atoms with E-state index in [1.807, 2.05) is 31.2 Å². The van der Waals surface area contributed by atoms with Crippen molar-refractivity contribution in [3.8, 4) is 0 Å². The minimum absolute atomic E-state index is 0.0468. The lowest BCUT2D eigenvalue weighted by Crippen LogP contribution is -2.05. The second-order valence-electron chi connectivity index (χ2n) is 4.66. The molecule has 0 aliphatic rings. The van der Waals surface area contributed by atoms with Gasteiger partial charge in [0.15, 0.2) is 0 Å². The first-order chi connectivity index (χ1) is 10.6. The molecule has 0 aliphatic carbocycles. The number of fused-ring (bicyclic) bond motifs is 1. The van der Waals surface area contributed by atoms with Gasteiger partial charge >= 0.3 is 5.69 Å². The third-order valence-electron chi connectivity index (χ3n) is 3.16. The quantitative estimate of drug-likeness (QED) is 0.562. The average molecular weight is 296 g/mol. The maximum atomic E-state index is 11.1. The van der Waals surface area contributed by atoms with Gasteiger partial charge < -0.3 is 11.1 Å². The molecule has 0 atom stereocenters. The Morgan fingerprint density at radius 1 is 1.23 bits per heavy atom. The first kappa shape index (κ1) is 13.7. The van der Waals surface area contributed by atoms with Gasteiger partial charge in [-0.25, -0.2) is 9.97 Å². The summed E-state index contributed by atoms with van der Waals surface area (Å²) in [4.78, 5) is 22.5. The van der Waals surface area contributed by atoms with Crippen molar-refractivity contribution >= 4 is 33.9 Å². The lowest BCUT2D eigenvalue weighted by molar-refractivity contribution is -0.383. The first-order valence-electron chi connectivity index (χ1n) is 6.44. The molecule has 1 aromatic carbocycles. The van der Waals surface area contributed by atoms with Gasteiger partial charge in [-0.2, -0.15) is 0 Å². The number of pyridine rings is 1. The zero-order valence-corrected chi connectivity index (χ0v) is 11.6. The van der Waals surface area contributed by atoms with Crippen LogP contribution in [-0.4, -0.2) is 19.9 Å². The topological polar surface area (TPSA) is 120 Å². The molecule has 2 aromatic heterocycles. The number of hydrogen-bond acceptors (Lipinski definition) is 7. The third-order valence-corrected chi connectivity index (χ3v) is 3.16. The highest BCUT2D eigenvalue weighted by Gasteiger charge is 2.21. The Morgan fingerprint density at radius 3 is 2.82 bits per heavy atom. The number of aromatic nitrogens is 3. The number of nitro groups is 1. The Balaban J connectivity index is 2.12. The zero-order valence-electron chi connectivity index (χ0n) is 11.6. The SMILES string of the molecule is Cc1ccc2c(Nc3ncnc(N)c3[N+](=O)[O-])cccc2n1. The molecule has 110 valence electrons. The molecule has 0 aliphatic heterocycles. The minimum Gasteiger partial charge on any atom is -0.378 e. The van der Waals surface area contributed by atoms with Crippen molar-refractivity contribution in [1.82, 2.24) is 15.0 Å². The normalized spacial score (nSPS) is 10.6. The maximum Gasteiger partial charge on any atom is 0.353 e. The summed E-state index contributed by atoms with van der Waals surface area (Å²) in [5.41, 5.74) is 7.55. The zero-order chi connectivity index (χ0) is 15.7. The van der Waals surface area contributed by atoms with Crippen LogP contribution in [0.3, 0.4) is 0 Å². The van der Waals surface area contributed by atoms with Crippen molar-refractivity contribution < 1.29 is 4.92 Å². The van der Waals surface area contributed by atoms with E-state index >= 15 is 0 Å². The average Bonchev–Trinajstić information content (AvgIpc) is 2.46. The molecule has 8 nitrogen and oxygen atoms in total. The van der Waals surface area contributed by atoms with Crippen molar-refractivity contribution in [3.63, 3.8) is 0 Å². The second kappa shape index (κ2) is 5.24. The van der Waals surface area contributed by atoms with E-state index in [-0.39, 0.29) is 17.3 Å². The highest BCUT2D eigenvalue weighted by molar-refractivity contribution is 5.93. The fraction of sp³-hybridized carbons (Fsp3) is 0.0714. The van der Waals surface area contributed by atoms with Crippen LogP contribution in [0, 0.1) is 17.0 Å². The third kappa shape index (κ3) is 2.37. The molecule has 3 aromatic rings. The van der Waals surface area contributed by atoms with E-state index in [9.17, 15) is 10.1 Å². The second-order valence-corrected chi connectivity index (χ2v) is 4.66. The number of nitrogen functional groups attached to an aromatic ring is 1. The molecule has 0 spiro atoms. The van der Waals surface area contributed by atoms with Gasteiger partial charge in [0, 0.05) is 16.8 Å². The van der Waals surface area contributed by atoms with Gasteiger partial charge in [-0.1, -0.05) is 6.07 Å². The number of nitrogens with one attached hydrogen (secondary N) is 1. The van der Waals surface area contributed by atoms with E-state index in [4.69, 9.17) is 5.73 Å². The maximum absolute atomic E-state index is 11.1. The van der Waals surface area contributed by atoms with Crippen LogP contribution in [0.25, 0.3) is 10.9 Å². The predicted molar refractivity (Wildman–Crippen MR) is 82.9 cm³/mol. The van der Waals surface area contributed by atoms with Gasteiger partial charge in [-0.05, 0) is 31.2 Å². The molecule has 0 saturated carbocycles. The molecular weight excluding hydrogens is 284 g/mol. The molecule has 0 radical (unpaired) electrons. The Labute approximate surface area is 125 Å². The number of nitrogens with two attached hydrogens (primary N) is 1. The molecule has 0 bridgehead atoms. The number of hydrogen-bond donors (Lipinski definition) is 2. The molecule has 8 heteroatoms. The van der Waals surface area contributed by atoms with Gasteiger partial charge in [-0.15, -0.1) is 0 Å². The van der Waals surface area contributed by atoms with E-state index in [2.05, 4.69) is 20.3 Å². The number of aryl methyl sites for hydroxylation is 1. The van der Waals surface area contributed by atoms with E-state index in [0.29, 0.717) is 5.69 Å². The molecular formula is C14H12N6O2. The van der Waals surface area contributed by atoms with Crippen molar-refractivity contribution in [1.29, 1.82) is 0 Å². The Hall–Kier alpha value is -3.29. The van der Waals surface area contributed by atoms with Crippen molar-refractivity contribution in [2.24, 2.45) is 0 Å². The number of anilines is 3. The summed E-state index contributed by atoms with van der Waals surface area (Å²) in [5.74, 6) is -0.137. The lowest BCUT2D eigenvalue weighted by Gasteiger charge is -2.09. The molecule has 0 saturated heterocycles. The van der Waals surface area contributed by atoms with Gasteiger partial charge in [0.2, 0.25) is 11.6 Å². The van der Waals surface area contributed by atoms with Gasteiger partial charge in [0.05, 0.1) is 10.4 Å². The summed E-state index contributed by atoms with van der Waals surface area (Å²) < 4.78 is 0. The monoisotopic (exact) mass is 296 g/mol. The van der Waals surface area contributed by atoms with Crippen LogP contribution in [0.4, 0.5) is 23.0 Å². The van der Waals surface area contributed by atoms with Crippen molar-refractivity contribution in [2.45, 2.75) is 6.92 Å². The van der Waals surface area contributed by atoms with Crippen LogP contribution in [0.5, 0.6) is 0 Å². The van der Waals surface area contributed by atoms with Crippen LogP contribution in [-0.2, 0) is 0 Å². The molecule has 0 fully saturated rings. The molecule has 0 unspecified atom stereocenters. The standard InChI is InChI=1S/C14H12N6O2/c1-8-5-6-9-10(18-8)3-2-4-11(9)19-14-12(20(21)22)13(15)16-7-17-14/h2-7H,1H3,(H3,15,16,17,19). The highest BCUT2D eigenvalue weighted by Crippen LogP contribution is 2.31. The summed E-state index contributed by atoms with van der Waals surface area (Å²) in [6, 6.07) is 9.25.